The molecule has 1 N–H and O–H groups in total. The number of amides is 1. The Labute approximate surface area is 211 Å². The Morgan fingerprint density at radius 2 is 2.03 bits per heavy atom. The van der Waals surface area contributed by atoms with E-state index in [1.165, 1.54) is 17.3 Å². The van der Waals surface area contributed by atoms with Crippen molar-refractivity contribution in [1.82, 2.24) is 29.5 Å². The summed E-state index contributed by atoms with van der Waals surface area (Å²) in [6.45, 7) is 13.7. The Kier molecular flexibility index (Phi) is 7.96. The third-order valence-electron chi connectivity index (χ3n) is 6.94. The molecule has 0 radical (unpaired) electrons. The fourth-order valence-electron chi connectivity index (χ4n) is 4.61. The van der Waals surface area contributed by atoms with Gasteiger partial charge in [-0.25, -0.2) is 9.67 Å². The molecule has 1 aliphatic heterocycles. The minimum absolute atomic E-state index is 0.0170. The van der Waals surface area contributed by atoms with Crippen LogP contribution >= 0.6 is 11.8 Å². The van der Waals surface area contributed by atoms with Gasteiger partial charge in [-0.15, -0.1) is 0 Å². The number of carbonyl (C=O) groups excluding carboxylic acids is 1. The lowest BCUT2D eigenvalue weighted by molar-refractivity contribution is -0.122. The van der Waals surface area contributed by atoms with Crippen molar-refractivity contribution in [3.05, 3.63) is 45.9 Å². The van der Waals surface area contributed by atoms with Gasteiger partial charge in [-0.3, -0.25) is 14.2 Å². The first-order valence-corrected chi connectivity index (χ1v) is 13.5. The Bertz CT molecular complexity index is 1260. The van der Waals surface area contributed by atoms with Crippen LogP contribution in [0.25, 0.3) is 16.7 Å². The van der Waals surface area contributed by atoms with Gasteiger partial charge in [-0.2, -0.15) is 5.10 Å². The highest BCUT2D eigenvalue weighted by molar-refractivity contribution is 7.99. The zero-order valence-corrected chi connectivity index (χ0v) is 22.2. The van der Waals surface area contributed by atoms with Crippen LogP contribution in [-0.4, -0.2) is 61.6 Å². The van der Waals surface area contributed by atoms with Gasteiger partial charge < -0.3 is 10.2 Å². The number of hydrogen-bond donors (Lipinski definition) is 1. The molecule has 1 aromatic carbocycles. The molecular formula is C26H36N6O2S. The summed E-state index contributed by atoms with van der Waals surface area (Å²) in [5.74, 6) is 0.645. The summed E-state index contributed by atoms with van der Waals surface area (Å²) in [6, 6.07) is 6.00. The van der Waals surface area contributed by atoms with Gasteiger partial charge in [0.1, 0.15) is 5.39 Å². The van der Waals surface area contributed by atoms with Crippen molar-refractivity contribution in [1.29, 1.82) is 0 Å². The minimum Gasteiger partial charge on any atom is -0.354 e. The third kappa shape index (κ3) is 5.46. The number of aryl methyl sites for hydroxylation is 2. The van der Waals surface area contributed by atoms with Gasteiger partial charge in [-0.05, 0) is 76.5 Å². The molecule has 3 heterocycles. The van der Waals surface area contributed by atoms with Crippen molar-refractivity contribution in [3.8, 4) is 5.69 Å². The number of aromatic nitrogens is 4. The van der Waals surface area contributed by atoms with Gasteiger partial charge in [0.2, 0.25) is 5.91 Å². The van der Waals surface area contributed by atoms with Crippen LogP contribution in [0.4, 0.5) is 0 Å². The zero-order valence-electron chi connectivity index (χ0n) is 21.4. The Hall–Kier alpha value is -2.65. The average Bonchev–Trinajstić information content (AvgIpc) is 3.43. The molecule has 0 spiro atoms. The van der Waals surface area contributed by atoms with Crippen LogP contribution < -0.4 is 10.9 Å². The molecule has 35 heavy (non-hydrogen) atoms. The first kappa shape index (κ1) is 25.4. The average molecular weight is 497 g/mol. The number of rotatable bonds is 10. The first-order chi connectivity index (χ1) is 16.8. The standard InChI is InChI=1S/C26H36N6O2S/c1-6-30(7-2)12-8-9-19(5)28-23(33)14-21-16-35-26-29-24-22(25(34)31(21)26)15-27-32(24)20-11-10-17(3)18(4)13-20/h10-11,13,15,19,21H,6-9,12,14,16H2,1-5H3,(H,28,33). The number of thioether (sulfide) groups is 1. The SMILES string of the molecule is CCN(CC)CCCC(C)NC(=O)CC1CSc2nc3c(cnn3-c3ccc(C)c(C)c3)c(=O)n21. The lowest BCUT2D eigenvalue weighted by atomic mass is 10.1. The summed E-state index contributed by atoms with van der Waals surface area (Å²) < 4.78 is 3.41. The Balaban J connectivity index is 1.46. The van der Waals surface area contributed by atoms with Gasteiger partial charge in [0.25, 0.3) is 5.56 Å². The van der Waals surface area contributed by atoms with Gasteiger partial charge in [0, 0.05) is 18.2 Å². The molecule has 1 amide bonds. The number of fused-ring (bicyclic) bond motifs is 2. The fourth-order valence-corrected chi connectivity index (χ4v) is 5.74. The van der Waals surface area contributed by atoms with E-state index in [1.807, 2.05) is 12.1 Å². The fraction of sp³-hybridized carbons (Fsp3) is 0.538. The second-order valence-corrected chi connectivity index (χ2v) is 10.4. The summed E-state index contributed by atoms with van der Waals surface area (Å²) in [6.07, 6.45) is 3.86. The van der Waals surface area contributed by atoms with Crippen molar-refractivity contribution >= 4 is 28.7 Å². The van der Waals surface area contributed by atoms with Crippen molar-refractivity contribution in [2.45, 2.75) is 71.1 Å². The third-order valence-corrected chi connectivity index (χ3v) is 8.04. The van der Waals surface area contributed by atoms with E-state index < -0.39 is 0 Å². The molecule has 3 aromatic rings. The van der Waals surface area contributed by atoms with E-state index in [2.05, 4.69) is 56.0 Å². The molecule has 9 heteroatoms. The van der Waals surface area contributed by atoms with Crippen LogP contribution in [0.2, 0.25) is 0 Å². The number of nitrogens with one attached hydrogen (secondary N) is 1. The number of benzene rings is 1. The van der Waals surface area contributed by atoms with Gasteiger partial charge >= 0.3 is 0 Å². The predicted molar refractivity (Wildman–Crippen MR) is 142 cm³/mol. The van der Waals surface area contributed by atoms with Gasteiger partial charge in [0.05, 0.1) is 17.9 Å². The molecule has 188 valence electrons. The smallest absolute Gasteiger partial charge is 0.265 e. The molecule has 0 saturated carbocycles. The normalized spacial score (nSPS) is 16.1. The Morgan fingerprint density at radius 1 is 1.26 bits per heavy atom. The van der Waals surface area contributed by atoms with E-state index in [9.17, 15) is 9.59 Å². The van der Waals surface area contributed by atoms with Gasteiger partial charge in [0.15, 0.2) is 10.8 Å². The van der Waals surface area contributed by atoms with Crippen molar-refractivity contribution < 1.29 is 4.79 Å². The number of nitrogens with zero attached hydrogens (tertiary/aromatic N) is 5. The van der Waals surface area contributed by atoms with Crippen molar-refractivity contribution in [2.75, 3.05) is 25.4 Å². The summed E-state index contributed by atoms with van der Waals surface area (Å²) in [5, 5.41) is 8.71. The minimum atomic E-state index is -0.202. The summed E-state index contributed by atoms with van der Waals surface area (Å²) in [7, 11) is 0. The molecule has 0 saturated heterocycles. The molecular weight excluding hydrogens is 460 g/mol. The largest absolute Gasteiger partial charge is 0.354 e. The lowest BCUT2D eigenvalue weighted by Crippen LogP contribution is -2.36. The maximum atomic E-state index is 13.4. The molecule has 4 rings (SSSR count). The molecule has 0 bridgehead atoms. The molecule has 2 unspecified atom stereocenters. The molecule has 1 aliphatic rings. The van der Waals surface area contributed by atoms with Crippen molar-refractivity contribution in [2.24, 2.45) is 0 Å². The maximum Gasteiger partial charge on any atom is 0.265 e. The summed E-state index contributed by atoms with van der Waals surface area (Å²) in [5.41, 5.74) is 3.67. The van der Waals surface area contributed by atoms with Crippen LogP contribution in [0.1, 0.15) is 57.2 Å². The zero-order chi connectivity index (χ0) is 25.1. The van der Waals surface area contributed by atoms with Crippen LogP contribution in [0.3, 0.4) is 0 Å². The highest BCUT2D eigenvalue weighted by Crippen LogP contribution is 2.33. The van der Waals surface area contributed by atoms with E-state index in [0.717, 1.165) is 43.7 Å². The lowest BCUT2D eigenvalue weighted by Gasteiger charge is -2.20. The van der Waals surface area contributed by atoms with Crippen LogP contribution in [-0.2, 0) is 4.79 Å². The second-order valence-electron chi connectivity index (χ2n) is 9.44. The summed E-state index contributed by atoms with van der Waals surface area (Å²) >= 11 is 1.53. The van der Waals surface area contributed by atoms with E-state index in [1.54, 1.807) is 15.4 Å². The van der Waals surface area contributed by atoms with Crippen LogP contribution in [0, 0.1) is 13.8 Å². The second kappa shape index (κ2) is 11.0. The molecule has 0 fully saturated rings. The number of carbonyl (C=O) groups is 1. The van der Waals surface area contributed by atoms with E-state index >= 15 is 0 Å². The van der Waals surface area contributed by atoms with Crippen LogP contribution in [0.15, 0.2) is 34.3 Å². The highest BCUT2D eigenvalue weighted by atomic mass is 32.2. The maximum absolute atomic E-state index is 13.4. The first-order valence-electron chi connectivity index (χ1n) is 12.5. The summed E-state index contributed by atoms with van der Waals surface area (Å²) in [4.78, 5) is 33.3. The molecule has 8 nitrogen and oxygen atoms in total. The Morgan fingerprint density at radius 3 is 2.74 bits per heavy atom. The predicted octanol–water partition coefficient (Wildman–Crippen LogP) is 3.86. The van der Waals surface area contributed by atoms with Gasteiger partial charge in [-0.1, -0.05) is 31.7 Å². The highest BCUT2D eigenvalue weighted by Gasteiger charge is 2.30. The monoisotopic (exact) mass is 496 g/mol. The molecule has 2 atom stereocenters. The number of hydrogen-bond acceptors (Lipinski definition) is 6. The quantitative estimate of drug-likeness (QED) is 0.429. The van der Waals surface area contributed by atoms with E-state index in [4.69, 9.17) is 4.98 Å². The molecule has 2 aromatic heterocycles. The molecule has 0 aliphatic carbocycles. The van der Waals surface area contributed by atoms with E-state index in [0.29, 0.717) is 21.9 Å². The van der Waals surface area contributed by atoms with Crippen molar-refractivity contribution in [3.63, 3.8) is 0 Å². The van der Waals surface area contributed by atoms with Crippen LogP contribution in [0.5, 0.6) is 0 Å². The van der Waals surface area contributed by atoms with E-state index in [-0.39, 0.29) is 30.0 Å². The topological polar surface area (TPSA) is 85.1 Å².